The summed E-state index contributed by atoms with van der Waals surface area (Å²) < 4.78 is 5.01. The average Bonchev–Trinajstić information content (AvgIpc) is 2.57. The van der Waals surface area contributed by atoms with Crippen LogP contribution < -0.4 is 5.32 Å². The van der Waals surface area contributed by atoms with Crippen LogP contribution in [0.3, 0.4) is 0 Å². The third kappa shape index (κ3) is 5.19. The Bertz CT molecular complexity index is 608. The molecule has 0 spiro atoms. The molecule has 1 aromatic carbocycles. The van der Waals surface area contributed by atoms with Crippen LogP contribution in [0.15, 0.2) is 18.2 Å². The van der Waals surface area contributed by atoms with E-state index in [0.29, 0.717) is 45.2 Å². The van der Waals surface area contributed by atoms with Gasteiger partial charge in [-0.25, -0.2) is 4.79 Å². The van der Waals surface area contributed by atoms with Crippen LogP contribution in [0.5, 0.6) is 0 Å². The highest BCUT2D eigenvalue weighted by Crippen LogP contribution is 2.27. The van der Waals surface area contributed by atoms with Gasteiger partial charge in [-0.3, -0.25) is 9.69 Å². The van der Waals surface area contributed by atoms with Crippen LogP contribution in [0.25, 0.3) is 0 Å². The highest BCUT2D eigenvalue weighted by molar-refractivity contribution is 5.94. The Labute approximate surface area is 150 Å². The Morgan fingerprint density at radius 2 is 1.88 bits per heavy atom. The third-order valence-electron chi connectivity index (χ3n) is 4.46. The van der Waals surface area contributed by atoms with Crippen molar-refractivity contribution in [2.75, 3.05) is 44.6 Å². The summed E-state index contributed by atoms with van der Waals surface area (Å²) in [6.07, 6.45) is -0.270. The van der Waals surface area contributed by atoms with Gasteiger partial charge in [-0.1, -0.05) is 32.0 Å². The maximum atomic E-state index is 12.5. The Morgan fingerprint density at radius 1 is 1.20 bits per heavy atom. The molecule has 0 saturated carbocycles. The van der Waals surface area contributed by atoms with Crippen molar-refractivity contribution in [3.05, 3.63) is 29.3 Å². The maximum Gasteiger partial charge on any atom is 0.409 e. The zero-order valence-corrected chi connectivity index (χ0v) is 15.7. The Kier molecular flexibility index (Phi) is 6.82. The van der Waals surface area contributed by atoms with Gasteiger partial charge in [0.15, 0.2) is 0 Å². The third-order valence-corrected chi connectivity index (χ3v) is 4.46. The maximum absolute atomic E-state index is 12.5. The number of aryl methyl sites for hydroxylation is 1. The molecule has 1 aliphatic rings. The first-order chi connectivity index (χ1) is 11.9. The van der Waals surface area contributed by atoms with Crippen LogP contribution in [0.2, 0.25) is 0 Å². The van der Waals surface area contributed by atoms with E-state index in [1.54, 1.807) is 11.8 Å². The van der Waals surface area contributed by atoms with E-state index in [0.717, 1.165) is 16.8 Å². The van der Waals surface area contributed by atoms with E-state index in [9.17, 15) is 9.59 Å². The molecule has 2 rings (SSSR count). The Morgan fingerprint density at radius 3 is 2.48 bits per heavy atom. The number of ether oxygens (including phenoxy) is 1. The smallest absolute Gasteiger partial charge is 0.409 e. The molecule has 0 aliphatic carbocycles. The molecule has 1 saturated heterocycles. The predicted molar refractivity (Wildman–Crippen MR) is 98.9 cm³/mol. The largest absolute Gasteiger partial charge is 0.450 e. The second kappa shape index (κ2) is 8.85. The van der Waals surface area contributed by atoms with Gasteiger partial charge in [0.2, 0.25) is 5.91 Å². The monoisotopic (exact) mass is 347 g/mol. The summed E-state index contributed by atoms with van der Waals surface area (Å²) in [4.78, 5) is 27.9. The van der Waals surface area contributed by atoms with Gasteiger partial charge in [-0.15, -0.1) is 0 Å². The summed E-state index contributed by atoms with van der Waals surface area (Å²) in [5.41, 5.74) is 3.15. The zero-order chi connectivity index (χ0) is 18.4. The van der Waals surface area contributed by atoms with Gasteiger partial charge in [0, 0.05) is 31.9 Å². The first kappa shape index (κ1) is 19.2. The molecule has 138 valence electrons. The van der Waals surface area contributed by atoms with Gasteiger partial charge in [-0.05, 0) is 30.9 Å². The Hall–Kier alpha value is -2.08. The molecule has 0 atom stereocenters. The molecular weight excluding hydrogens is 318 g/mol. The molecule has 1 N–H and O–H groups in total. The minimum atomic E-state index is -0.270. The fourth-order valence-electron chi connectivity index (χ4n) is 3.03. The van der Waals surface area contributed by atoms with Gasteiger partial charge in [0.05, 0.1) is 13.2 Å². The molecule has 6 heteroatoms. The first-order valence-corrected chi connectivity index (χ1v) is 8.95. The molecule has 6 nitrogen and oxygen atoms in total. The molecule has 0 aromatic heterocycles. The molecular formula is C19H29N3O3. The van der Waals surface area contributed by atoms with Crippen molar-refractivity contribution < 1.29 is 14.3 Å². The highest BCUT2D eigenvalue weighted by atomic mass is 16.6. The summed E-state index contributed by atoms with van der Waals surface area (Å²) in [6.45, 7) is 11.3. The van der Waals surface area contributed by atoms with E-state index in [-0.39, 0.29) is 12.0 Å². The zero-order valence-electron chi connectivity index (χ0n) is 15.7. The van der Waals surface area contributed by atoms with E-state index >= 15 is 0 Å². The first-order valence-electron chi connectivity index (χ1n) is 8.95. The van der Waals surface area contributed by atoms with Gasteiger partial charge in [0.1, 0.15) is 0 Å². The number of hydrogen-bond acceptors (Lipinski definition) is 4. The number of piperazine rings is 1. The number of anilines is 1. The topological polar surface area (TPSA) is 61.9 Å². The van der Waals surface area contributed by atoms with Crippen molar-refractivity contribution in [3.63, 3.8) is 0 Å². The number of hydrogen-bond donors (Lipinski definition) is 1. The van der Waals surface area contributed by atoms with Crippen molar-refractivity contribution >= 4 is 17.7 Å². The van der Waals surface area contributed by atoms with Gasteiger partial charge >= 0.3 is 6.09 Å². The number of rotatable bonds is 5. The summed E-state index contributed by atoms with van der Waals surface area (Å²) in [5, 5.41) is 3.08. The van der Waals surface area contributed by atoms with Crippen LogP contribution in [0, 0.1) is 6.92 Å². The number of nitrogens with zero attached hydrogens (tertiary/aromatic N) is 2. The minimum absolute atomic E-state index is 0.0132. The molecule has 1 fully saturated rings. The van der Waals surface area contributed by atoms with Crippen LogP contribution >= 0.6 is 0 Å². The van der Waals surface area contributed by atoms with Crippen molar-refractivity contribution in [3.8, 4) is 0 Å². The van der Waals surface area contributed by atoms with Crippen LogP contribution in [-0.2, 0) is 9.53 Å². The molecule has 0 unspecified atom stereocenters. The standard InChI is InChI=1S/C19H29N3O3/c1-5-25-19(24)22-11-9-21(10-12-22)13-17(23)20-18-15(4)7-6-8-16(18)14(2)3/h6-8,14H,5,9-13H2,1-4H3,(H,20,23). The normalized spacial score (nSPS) is 15.3. The molecule has 25 heavy (non-hydrogen) atoms. The SMILES string of the molecule is CCOC(=O)N1CCN(CC(=O)Nc2c(C)cccc2C(C)C)CC1. The number of benzene rings is 1. The molecule has 0 radical (unpaired) electrons. The van der Waals surface area contributed by atoms with Crippen LogP contribution in [0.4, 0.5) is 10.5 Å². The summed E-state index contributed by atoms with van der Waals surface area (Å²) >= 11 is 0. The van der Waals surface area contributed by atoms with Crippen molar-refractivity contribution in [2.24, 2.45) is 0 Å². The Balaban J connectivity index is 1.89. The molecule has 1 heterocycles. The number of para-hydroxylation sites is 1. The van der Waals surface area contributed by atoms with Gasteiger partial charge in [0.25, 0.3) is 0 Å². The fraction of sp³-hybridized carbons (Fsp3) is 0.579. The lowest BCUT2D eigenvalue weighted by Gasteiger charge is -2.33. The summed E-state index contributed by atoms with van der Waals surface area (Å²) in [6, 6.07) is 6.10. The predicted octanol–water partition coefficient (Wildman–Crippen LogP) is 2.83. The van der Waals surface area contributed by atoms with E-state index in [1.165, 1.54) is 0 Å². The van der Waals surface area contributed by atoms with Crippen LogP contribution in [0.1, 0.15) is 37.8 Å². The lowest BCUT2D eigenvalue weighted by atomic mass is 9.98. The van der Waals surface area contributed by atoms with E-state index < -0.39 is 0 Å². The number of carbonyl (C=O) groups is 2. The minimum Gasteiger partial charge on any atom is -0.450 e. The van der Waals surface area contributed by atoms with Gasteiger partial charge < -0.3 is 15.0 Å². The van der Waals surface area contributed by atoms with Crippen molar-refractivity contribution in [2.45, 2.75) is 33.6 Å². The fourth-order valence-corrected chi connectivity index (χ4v) is 3.03. The number of amides is 2. The average molecular weight is 347 g/mol. The summed E-state index contributed by atoms with van der Waals surface area (Å²) in [5.74, 6) is 0.337. The molecule has 0 bridgehead atoms. The van der Waals surface area contributed by atoms with Crippen LogP contribution in [-0.4, -0.2) is 61.1 Å². The van der Waals surface area contributed by atoms with Crippen molar-refractivity contribution in [1.82, 2.24) is 9.80 Å². The summed E-state index contributed by atoms with van der Waals surface area (Å²) in [7, 11) is 0. The van der Waals surface area contributed by atoms with E-state index in [2.05, 4.69) is 30.1 Å². The van der Waals surface area contributed by atoms with Crippen molar-refractivity contribution in [1.29, 1.82) is 0 Å². The second-order valence-electron chi connectivity index (χ2n) is 6.70. The quantitative estimate of drug-likeness (QED) is 0.890. The molecule has 1 aromatic rings. The van der Waals surface area contributed by atoms with Gasteiger partial charge in [-0.2, -0.15) is 0 Å². The highest BCUT2D eigenvalue weighted by Gasteiger charge is 2.23. The molecule has 1 aliphatic heterocycles. The number of nitrogens with one attached hydrogen (secondary N) is 1. The second-order valence-corrected chi connectivity index (χ2v) is 6.70. The number of carbonyl (C=O) groups excluding carboxylic acids is 2. The van der Waals surface area contributed by atoms with E-state index in [4.69, 9.17) is 4.74 Å². The van der Waals surface area contributed by atoms with E-state index in [1.807, 2.05) is 19.1 Å². The molecule has 2 amide bonds. The lowest BCUT2D eigenvalue weighted by Crippen LogP contribution is -2.50. The lowest BCUT2D eigenvalue weighted by molar-refractivity contribution is -0.117.